The molecule has 86 valence electrons. The summed E-state index contributed by atoms with van der Waals surface area (Å²) in [5.41, 5.74) is 0. The summed E-state index contributed by atoms with van der Waals surface area (Å²) < 4.78 is 10.8. The van der Waals surface area contributed by atoms with Crippen molar-refractivity contribution in [2.45, 2.75) is 31.8 Å². The van der Waals surface area contributed by atoms with Gasteiger partial charge < -0.3 is 14.4 Å². The van der Waals surface area contributed by atoms with Gasteiger partial charge >= 0.3 is 0 Å². The molecule has 2 aliphatic rings. The topological polar surface area (TPSA) is 38.8 Å². The molecular weight excluding hydrogens is 194 g/mol. The van der Waals surface area contributed by atoms with Crippen LogP contribution >= 0.6 is 0 Å². The van der Waals surface area contributed by atoms with Crippen LogP contribution in [0.3, 0.4) is 0 Å². The van der Waals surface area contributed by atoms with Gasteiger partial charge in [0.25, 0.3) is 0 Å². The maximum absolute atomic E-state index is 11.6. The summed E-state index contributed by atoms with van der Waals surface area (Å²) in [6.45, 7) is 3.44. The zero-order chi connectivity index (χ0) is 10.5. The number of carbonyl (C=O) groups is 1. The van der Waals surface area contributed by atoms with Gasteiger partial charge in [0.05, 0.1) is 12.7 Å². The third-order valence-electron chi connectivity index (χ3n) is 3.01. The van der Waals surface area contributed by atoms with Crippen molar-refractivity contribution in [2.24, 2.45) is 0 Å². The highest BCUT2D eigenvalue weighted by atomic mass is 16.5. The molecule has 4 nitrogen and oxygen atoms in total. The summed E-state index contributed by atoms with van der Waals surface area (Å²) in [7, 11) is 0. The first-order valence-electron chi connectivity index (χ1n) is 5.83. The van der Waals surface area contributed by atoms with Crippen molar-refractivity contribution in [1.29, 1.82) is 0 Å². The van der Waals surface area contributed by atoms with Crippen molar-refractivity contribution in [2.75, 3.05) is 32.9 Å². The normalized spacial score (nSPS) is 26.1. The third-order valence-corrected chi connectivity index (χ3v) is 3.01. The summed E-state index contributed by atoms with van der Waals surface area (Å²) in [5.74, 6) is 0.130. The van der Waals surface area contributed by atoms with Gasteiger partial charge in [-0.15, -0.1) is 0 Å². The first kappa shape index (κ1) is 10.9. The summed E-state index contributed by atoms with van der Waals surface area (Å²) in [4.78, 5) is 13.5. The van der Waals surface area contributed by atoms with E-state index in [0.29, 0.717) is 6.61 Å². The van der Waals surface area contributed by atoms with E-state index in [0.717, 1.165) is 45.4 Å². The zero-order valence-electron chi connectivity index (χ0n) is 9.11. The summed E-state index contributed by atoms with van der Waals surface area (Å²) in [6.07, 6.45) is 4.68. The van der Waals surface area contributed by atoms with Crippen LogP contribution in [0.2, 0.25) is 0 Å². The van der Waals surface area contributed by atoms with Gasteiger partial charge in [0.2, 0.25) is 5.91 Å². The van der Waals surface area contributed by atoms with Crippen molar-refractivity contribution < 1.29 is 14.3 Å². The molecule has 0 aromatic rings. The van der Waals surface area contributed by atoms with E-state index in [4.69, 9.17) is 9.47 Å². The van der Waals surface area contributed by atoms with Crippen LogP contribution in [0.4, 0.5) is 0 Å². The van der Waals surface area contributed by atoms with E-state index in [1.54, 1.807) is 0 Å². The van der Waals surface area contributed by atoms with Crippen LogP contribution in [0, 0.1) is 0 Å². The first-order chi connectivity index (χ1) is 7.36. The van der Waals surface area contributed by atoms with E-state index >= 15 is 0 Å². The van der Waals surface area contributed by atoms with Crippen molar-refractivity contribution in [3.63, 3.8) is 0 Å². The summed E-state index contributed by atoms with van der Waals surface area (Å²) in [6, 6.07) is 0. The molecule has 15 heavy (non-hydrogen) atoms. The van der Waals surface area contributed by atoms with Gasteiger partial charge in [-0.05, 0) is 25.7 Å². The Morgan fingerprint density at radius 1 is 1.33 bits per heavy atom. The Kier molecular flexibility index (Phi) is 3.97. The van der Waals surface area contributed by atoms with Gasteiger partial charge in [0.15, 0.2) is 0 Å². The molecule has 0 spiro atoms. The number of hydrogen-bond donors (Lipinski definition) is 0. The molecule has 0 aromatic carbocycles. The maximum Gasteiger partial charge on any atom is 0.248 e. The predicted molar refractivity (Wildman–Crippen MR) is 55.6 cm³/mol. The van der Waals surface area contributed by atoms with Crippen LogP contribution in [-0.2, 0) is 14.3 Å². The quantitative estimate of drug-likeness (QED) is 0.693. The van der Waals surface area contributed by atoms with Gasteiger partial charge in [-0.25, -0.2) is 0 Å². The van der Waals surface area contributed by atoms with Crippen LogP contribution < -0.4 is 0 Å². The average molecular weight is 213 g/mol. The lowest BCUT2D eigenvalue weighted by molar-refractivity contribution is -0.136. The molecule has 2 aliphatic heterocycles. The Labute approximate surface area is 90.5 Å². The first-order valence-corrected chi connectivity index (χ1v) is 5.83. The number of hydrogen-bond acceptors (Lipinski definition) is 3. The highest BCUT2D eigenvalue weighted by Gasteiger charge is 2.19. The van der Waals surface area contributed by atoms with E-state index in [2.05, 4.69) is 0 Å². The Morgan fingerprint density at radius 3 is 2.80 bits per heavy atom. The van der Waals surface area contributed by atoms with Gasteiger partial charge in [0.1, 0.15) is 6.61 Å². The standard InChI is InChI=1S/C11H19NO3/c13-11(12-5-1-2-6-12)9-14-8-10-4-3-7-15-10/h10H,1-9H2. The van der Waals surface area contributed by atoms with Crippen LogP contribution in [0.1, 0.15) is 25.7 Å². The molecule has 0 aromatic heterocycles. The molecule has 2 saturated heterocycles. The minimum atomic E-state index is 0.130. The van der Waals surface area contributed by atoms with E-state index in [1.165, 1.54) is 0 Å². The Bertz CT molecular complexity index is 208. The van der Waals surface area contributed by atoms with Crippen molar-refractivity contribution in [3.05, 3.63) is 0 Å². The number of nitrogens with zero attached hydrogens (tertiary/aromatic N) is 1. The fourth-order valence-electron chi connectivity index (χ4n) is 2.11. The largest absolute Gasteiger partial charge is 0.376 e. The molecular formula is C11H19NO3. The minimum Gasteiger partial charge on any atom is -0.376 e. The molecule has 2 rings (SSSR count). The second-order valence-corrected chi connectivity index (χ2v) is 4.24. The van der Waals surface area contributed by atoms with E-state index in [1.807, 2.05) is 4.90 Å². The Hall–Kier alpha value is -0.610. The SMILES string of the molecule is O=C(COCC1CCCO1)N1CCCC1. The molecule has 1 atom stereocenters. The predicted octanol–water partition coefficient (Wildman–Crippen LogP) is 0.804. The number of carbonyl (C=O) groups excluding carboxylic acids is 1. The maximum atomic E-state index is 11.6. The molecule has 2 fully saturated rings. The van der Waals surface area contributed by atoms with E-state index in [-0.39, 0.29) is 18.6 Å². The Balaban J connectivity index is 1.58. The van der Waals surface area contributed by atoms with Crippen LogP contribution in [0.15, 0.2) is 0 Å². The second kappa shape index (κ2) is 5.47. The smallest absolute Gasteiger partial charge is 0.248 e. The van der Waals surface area contributed by atoms with Crippen molar-refractivity contribution in [1.82, 2.24) is 4.90 Å². The fraction of sp³-hybridized carbons (Fsp3) is 0.909. The minimum absolute atomic E-state index is 0.130. The fourth-order valence-corrected chi connectivity index (χ4v) is 2.11. The lowest BCUT2D eigenvalue weighted by Crippen LogP contribution is -2.32. The molecule has 0 bridgehead atoms. The molecule has 0 radical (unpaired) electrons. The molecule has 1 amide bonds. The number of ether oxygens (including phenoxy) is 2. The van der Waals surface area contributed by atoms with E-state index < -0.39 is 0 Å². The van der Waals surface area contributed by atoms with Crippen LogP contribution in [0.5, 0.6) is 0 Å². The second-order valence-electron chi connectivity index (χ2n) is 4.24. The molecule has 0 N–H and O–H groups in total. The van der Waals surface area contributed by atoms with Gasteiger partial charge in [-0.2, -0.15) is 0 Å². The number of likely N-dealkylation sites (tertiary alicyclic amines) is 1. The molecule has 0 aliphatic carbocycles. The van der Waals surface area contributed by atoms with E-state index in [9.17, 15) is 4.79 Å². The lowest BCUT2D eigenvalue weighted by atomic mass is 10.2. The number of amides is 1. The monoisotopic (exact) mass is 213 g/mol. The molecule has 2 heterocycles. The average Bonchev–Trinajstić information content (AvgIpc) is 2.90. The molecule has 4 heteroatoms. The highest BCUT2D eigenvalue weighted by Crippen LogP contribution is 2.12. The van der Waals surface area contributed by atoms with Crippen molar-refractivity contribution >= 4 is 5.91 Å². The van der Waals surface area contributed by atoms with Crippen molar-refractivity contribution in [3.8, 4) is 0 Å². The zero-order valence-corrected chi connectivity index (χ0v) is 9.11. The number of rotatable bonds is 4. The van der Waals surface area contributed by atoms with Gasteiger partial charge in [0, 0.05) is 19.7 Å². The van der Waals surface area contributed by atoms with Crippen LogP contribution in [-0.4, -0.2) is 49.8 Å². The summed E-state index contributed by atoms with van der Waals surface area (Å²) in [5, 5.41) is 0. The summed E-state index contributed by atoms with van der Waals surface area (Å²) >= 11 is 0. The molecule has 1 unspecified atom stereocenters. The van der Waals surface area contributed by atoms with Crippen LogP contribution in [0.25, 0.3) is 0 Å². The Morgan fingerprint density at radius 2 is 2.13 bits per heavy atom. The third kappa shape index (κ3) is 3.18. The highest BCUT2D eigenvalue weighted by molar-refractivity contribution is 5.77. The van der Waals surface area contributed by atoms with Gasteiger partial charge in [-0.1, -0.05) is 0 Å². The molecule has 0 saturated carbocycles. The van der Waals surface area contributed by atoms with Gasteiger partial charge in [-0.3, -0.25) is 4.79 Å². The lowest BCUT2D eigenvalue weighted by Gasteiger charge is -2.16.